The van der Waals surface area contributed by atoms with Crippen LogP contribution in [0.3, 0.4) is 0 Å². The maximum absolute atomic E-state index is 5.54. The first-order valence-corrected chi connectivity index (χ1v) is 9.97. The van der Waals surface area contributed by atoms with E-state index in [-0.39, 0.29) is 5.66 Å². The molecule has 0 radical (unpaired) electrons. The Morgan fingerprint density at radius 1 is 0.962 bits per heavy atom. The second-order valence-corrected chi connectivity index (χ2v) is 7.27. The summed E-state index contributed by atoms with van der Waals surface area (Å²) in [5, 5.41) is 7.84. The Bertz CT molecular complexity index is 667. The molecule has 0 aromatic heterocycles. The summed E-state index contributed by atoms with van der Waals surface area (Å²) in [4.78, 5) is 0. The normalized spacial score (nSPS) is 17.6. The van der Waals surface area contributed by atoms with Gasteiger partial charge < -0.3 is 4.74 Å². The first kappa shape index (κ1) is 18.9. The molecule has 1 aliphatic carbocycles. The Hall–Kier alpha value is -1.84. The van der Waals surface area contributed by atoms with Crippen molar-refractivity contribution in [2.24, 2.45) is 0 Å². The molecule has 2 aromatic carbocycles. The van der Waals surface area contributed by atoms with Crippen molar-refractivity contribution >= 4 is 0 Å². The molecular formula is C23H32N2O. The number of rotatable bonds is 8. The van der Waals surface area contributed by atoms with Crippen LogP contribution in [0.15, 0.2) is 54.6 Å². The number of hydrogen-bond donors (Lipinski definition) is 2. The van der Waals surface area contributed by atoms with Crippen LogP contribution < -0.4 is 15.4 Å². The minimum Gasteiger partial charge on any atom is -0.496 e. The van der Waals surface area contributed by atoms with Gasteiger partial charge in [-0.1, -0.05) is 74.7 Å². The summed E-state index contributed by atoms with van der Waals surface area (Å²) in [5.74, 6) is 0.940. The van der Waals surface area contributed by atoms with Crippen molar-refractivity contribution in [3.05, 3.63) is 65.7 Å². The van der Waals surface area contributed by atoms with Crippen LogP contribution in [0.4, 0.5) is 0 Å². The summed E-state index contributed by atoms with van der Waals surface area (Å²) >= 11 is 0. The van der Waals surface area contributed by atoms with Crippen molar-refractivity contribution in [1.82, 2.24) is 10.6 Å². The molecule has 0 bridgehead atoms. The van der Waals surface area contributed by atoms with Gasteiger partial charge in [-0.05, 0) is 30.9 Å². The molecule has 1 aliphatic rings. The van der Waals surface area contributed by atoms with E-state index in [1.165, 1.54) is 43.2 Å². The van der Waals surface area contributed by atoms with E-state index in [1.54, 1.807) is 7.11 Å². The van der Waals surface area contributed by atoms with Crippen LogP contribution in [-0.2, 0) is 12.2 Å². The molecule has 0 heterocycles. The first-order chi connectivity index (χ1) is 12.8. The molecule has 1 saturated carbocycles. The van der Waals surface area contributed by atoms with Gasteiger partial charge in [0.15, 0.2) is 0 Å². The standard InChI is InChI=1S/C23H32N2O/c1-3-23(20-13-6-4-7-14-20,25-21-15-8-5-9-16-21)24-18-19-12-10-11-17-22(19)26-2/h4,6-7,10-14,17,21,24-25H,3,5,8-9,15-16,18H2,1-2H3/t23-/m1/s1. The van der Waals surface area contributed by atoms with Gasteiger partial charge in [0, 0.05) is 18.2 Å². The Balaban J connectivity index is 1.84. The quantitative estimate of drug-likeness (QED) is 0.658. The van der Waals surface area contributed by atoms with Gasteiger partial charge in [-0.3, -0.25) is 10.6 Å². The highest BCUT2D eigenvalue weighted by Crippen LogP contribution is 2.28. The summed E-state index contributed by atoms with van der Waals surface area (Å²) in [6.45, 7) is 3.03. The lowest BCUT2D eigenvalue weighted by Crippen LogP contribution is -2.57. The molecule has 140 valence electrons. The number of para-hydroxylation sites is 1. The van der Waals surface area contributed by atoms with Crippen molar-refractivity contribution in [3.63, 3.8) is 0 Å². The van der Waals surface area contributed by atoms with E-state index < -0.39 is 0 Å². The molecule has 0 saturated heterocycles. The molecule has 3 heteroatoms. The van der Waals surface area contributed by atoms with E-state index in [2.05, 4.69) is 60.0 Å². The minimum absolute atomic E-state index is 0.218. The average Bonchev–Trinajstić information content (AvgIpc) is 2.73. The molecule has 1 atom stereocenters. The molecule has 0 amide bonds. The van der Waals surface area contributed by atoms with Gasteiger partial charge in [0.1, 0.15) is 5.75 Å². The van der Waals surface area contributed by atoms with Crippen LogP contribution in [-0.4, -0.2) is 13.2 Å². The van der Waals surface area contributed by atoms with E-state index in [4.69, 9.17) is 4.74 Å². The minimum atomic E-state index is -0.218. The smallest absolute Gasteiger partial charge is 0.123 e. The van der Waals surface area contributed by atoms with Gasteiger partial charge in [-0.15, -0.1) is 0 Å². The molecule has 3 nitrogen and oxygen atoms in total. The van der Waals surface area contributed by atoms with E-state index in [1.807, 2.05) is 12.1 Å². The maximum atomic E-state index is 5.54. The van der Waals surface area contributed by atoms with Crippen molar-refractivity contribution in [2.75, 3.05) is 7.11 Å². The lowest BCUT2D eigenvalue weighted by atomic mass is 9.90. The first-order valence-electron chi connectivity index (χ1n) is 9.97. The number of benzene rings is 2. The van der Waals surface area contributed by atoms with Crippen LogP contribution in [0.1, 0.15) is 56.6 Å². The molecule has 0 unspecified atom stereocenters. The molecule has 3 rings (SSSR count). The molecule has 2 aromatic rings. The van der Waals surface area contributed by atoms with Crippen LogP contribution in [0.25, 0.3) is 0 Å². The third-order valence-corrected chi connectivity index (χ3v) is 5.63. The molecule has 2 N–H and O–H groups in total. The highest BCUT2D eigenvalue weighted by atomic mass is 16.5. The van der Waals surface area contributed by atoms with Crippen LogP contribution in [0, 0.1) is 0 Å². The zero-order valence-electron chi connectivity index (χ0n) is 16.1. The van der Waals surface area contributed by atoms with E-state index in [0.29, 0.717) is 6.04 Å². The zero-order valence-corrected chi connectivity index (χ0v) is 16.1. The van der Waals surface area contributed by atoms with Crippen LogP contribution >= 0.6 is 0 Å². The molecule has 0 spiro atoms. The van der Waals surface area contributed by atoms with Crippen LogP contribution in [0.5, 0.6) is 5.75 Å². The van der Waals surface area contributed by atoms with Crippen molar-refractivity contribution in [1.29, 1.82) is 0 Å². The van der Waals surface area contributed by atoms with Gasteiger partial charge >= 0.3 is 0 Å². The zero-order chi connectivity index (χ0) is 18.2. The highest BCUT2D eigenvalue weighted by molar-refractivity contribution is 5.33. The topological polar surface area (TPSA) is 33.3 Å². The lowest BCUT2D eigenvalue weighted by molar-refractivity contribution is 0.192. The third kappa shape index (κ3) is 4.46. The van der Waals surface area contributed by atoms with Crippen molar-refractivity contribution in [2.45, 2.75) is 63.7 Å². The summed E-state index contributed by atoms with van der Waals surface area (Å²) in [6, 6.07) is 19.7. The van der Waals surface area contributed by atoms with E-state index in [9.17, 15) is 0 Å². The monoisotopic (exact) mass is 352 g/mol. The molecule has 1 fully saturated rings. The fourth-order valence-corrected chi connectivity index (χ4v) is 4.08. The average molecular weight is 353 g/mol. The predicted molar refractivity (Wildman–Crippen MR) is 108 cm³/mol. The van der Waals surface area contributed by atoms with Crippen molar-refractivity contribution < 1.29 is 4.74 Å². The fourth-order valence-electron chi connectivity index (χ4n) is 4.08. The largest absolute Gasteiger partial charge is 0.496 e. The highest BCUT2D eigenvalue weighted by Gasteiger charge is 2.32. The SMILES string of the molecule is CC[C@@](NCc1ccccc1OC)(NC1CCCCC1)c1ccccc1. The molecule has 26 heavy (non-hydrogen) atoms. The van der Waals surface area contributed by atoms with Gasteiger partial charge in [0.25, 0.3) is 0 Å². The van der Waals surface area contributed by atoms with E-state index >= 15 is 0 Å². The van der Waals surface area contributed by atoms with Gasteiger partial charge in [-0.25, -0.2) is 0 Å². The summed E-state index contributed by atoms with van der Waals surface area (Å²) in [6.07, 6.45) is 7.56. The van der Waals surface area contributed by atoms with Crippen molar-refractivity contribution in [3.8, 4) is 5.75 Å². The molecular weight excluding hydrogens is 320 g/mol. The lowest BCUT2D eigenvalue weighted by Gasteiger charge is -2.40. The second-order valence-electron chi connectivity index (χ2n) is 7.27. The number of methoxy groups -OCH3 is 1. The number of hydrogen-bond acceptors (Lipinski definition) is 3. The summed E-state index contributed by atoms with van der Waals surface area (Å²) in [7, 11) is 1.74. The number of nitrogens with one attached hydrogen (secondary N) is 2. The number of ether oxygens (including phenoxy) is 1. The van der Waals surface area contributed by atoms with Crippen LogP contribution in [0.2, 0.25) is 0 Å². The predicted octanol–water partition coefficient (Wildman–Crippen LogP) is 4.97. The van der Waals surface area contributed by atoms with Gasteiger partial charge in [-0.2, -0.15) is 0 Å². The molecule has 0 aliphatic heterocycles. The fraction of sp³-hybridized carbons (Fsp3) is 0.478. The van der Waals surface area contributed by atoms with Gasteiger partial charge in [0.2, 0.25) is 0 Å². The van der Waals surface area contributed by atoms with Gasteiger partial charge in [0.05, 0.1) is 12.8 Å². The second kappa shape index (κ2) is 9.20. The summed E-state index contributed by atoms with van der Waals surface area (Å²) < 4.78 is 5.54. The Morgan fingerprint density at radius 2 is 1.65 bits per heavy atom. The Kier molecular flexibility index (Phi) is 6.70. The Labute approximate surface area is 158 Å². The third-order valence-electron chi connectivity index (χ3n) is 5.63. The Morgan fingerprint density at radius 3 is 2.35 bits per heavy atom. The summed E-state index contributed by atoms with van der Waals surface area (Å²) in [5.41, 5.74) is 2.28. The maximum Gasteiger partial charge on any atom is 0.123 e. The van der Waals surface area contributed by atoms with E-state index in [0.717, 1.165) is 18.7 Å².